The van der Waals surface area contributed by atoms with Crippen LogP contribution in [-0.2, 0) is 0 Å². The second-order valence-electron chi connectivity index (χ2n) is 6.89. The van der Waals surface area contributed by atoms with E-state index in [1.807, 2.05) is 42.5 Å². The third-order valence-corrected chi connectivity index (χ3v) is 5.52. The van der Waals surface area contributed by atoms with Crippen LogP contribution >= 0.6 is 15.9 Å². The van der Waals surface area contributed by atoms with Gasteiger partial charge in [-0.3, -0.25) is 4.79 Å². The summed E-state index contributed by atoms with van der Waals surface area (Å²) in [5, 5.41) is 1.04. The normalized spacial score (nSPS) is 12.1. The first-order valence-electron chi connectivity index (χ1n) is 9.25. The summed E-state index contributed by atoms with van der Waals surface area (Å²) in [6, 6.07) is 21.6. The average Bonchev–Trinajstić information content (AvgIpc) is 3.15. The zero-order valence-corrected chi connectivity index (χ0v) is 17.4. The Labute approximate surface area is 176 Å². The van der Waals surface area contributed by atoms with E-state index in [0.717, 1.165) is 21.1 Å². The predicted molar refractivity (Wildman–Crippen MR) is 116 cm³/mol. The molecule has 1 N–H and O–H groups in total. The van der Waals surface area contributed by atoms with Crippen LogP contribution in [-0.4, -0.2) is 17.9 Å². The second kappa shape index (κ2) is 8.21. The second-order valence-corrected chi connectivity index (χ2v) is 7.80. The molecule has 1 heterocycles. The number of halogens is 2. The van der Waals surface area contributed by atoms with Gasteiger partial charge in [0.1, 0.15) is 11.6 Å². The van der Waals surface area contributed by atoms with Crippen LogP contribution in [0.25, 0.3) is 10.9 Å². The topological polar surface area (TPSA) is 42.1 Å². The predicted octanol–water partition coefficient (Wildman–Crippen LogP) is 6.48. The van der Waals surface area contributed by atoms with Crippen molar-refractivity contribution in [3.05, 3.63) is 99.9 Å². The monoisotopic (exact) mass is 451 g/mol. The third kappa shape index (κ3) is 4.10. The highest BCUT2D eigenvalue weighted by Crippen LogP contribution is 2.37. The summed E-state index contributed by atoms with van der Waals surface area (Å²) in [7, 11) is 1.55. The molecule has 3 aromatic carbocycles. The van der Waals surface area contributed by atoms with Gasteiger partial charge in [-0.1, -0.05) is 46.3 Å². The van der Waals surface area contributed by atoms with E-state index in [4.69, 9.17) is 4.74 Å². The maximum absolute atomic E-state index is 14.1. The maximum Gasteiger partial charge on any atom is 0.163 e. The van der Waals surface area contributed by atoms with Crippen LogP contribution in [0.4, 0.5) is 4.39 Å². The Kier molecular flexibility index (Phi) is 5.49. The standard InChI is InChI=1S/C24H19BrFNO2/c1-29-24-10-9-18(26)13-20(24)19(14-23(28)16-6-4-7-17(25)11-16)22-12-15-5-2-3-8-21(15)27-22/h2-13,19,27H,14H2,1H3/t19-/m1/s1. The molecule has 146 valence electrons. The van der Waals surface area contributed by atoms with Gasteiger partial charge in [0.2, 0.25) is 0 Å². The molecule has 1 aromatic heterocycles. The molecule has 4 aromatic rings. The number of ketones is 1. The summed E-state index contributed by atoms with van der Waals surface area (Å²) in [6.45, 7) is 0. The molecule has 0 amide bonds. The number of fused-ring (bicyclic) bond motifs is 1. The van der Waals surface area contributed by atoms with E-state index in [0.29, 0.717) is 16.9 Å². The Balaban J connectivity index is 1.81. The molecule has 0 bridgehead atoms. The van der Waals surface area contributed by atoms with Gasteiger partial charge >= 0.3 is 0 Å². The lowest BCUT2D eigenvalue weighted by Gasteiger charge is -2.19. The molecule has 0 spiro atoms. The van der Waals surface area contributed by atoms with Crippen LogP contribution in [0.5, 0.6) is 5.75 Å². The van der Waals surface area contributed by atoms with Crippen LogP contribution in [0.3, 0.4) is 0 Å². The molecule has 0 unspecified atom stereocenters. The lowest BCUT2D eigenvalue weighted by molar-refractivity contribution is 0.0977. The van der Waals surface area contributed by atoms with E-state index >= 15 is 0 Å². The molecule has 0 saturated carbocycles. The van der Waals surface area contributed by atoms with E-state index in [2.05, 4.69) is 20.9 Å². The van der Waals surface area contributed by atoms with Crippen molar-refractivity contribution in [3.63, 3.8) is 0 Å². The van der Waals surface area contributed by atoms with Crippen molar-refractivity contribution in [2.45, 2.75) is 12.3 Å². The Morgan fingerprint density at radius 1 is 1.07 bits per heavy atom. The van der Waals surface area contributed by atoms with Crippen molar-refractivity contribution in [1.82, 2.24) is 4.98 Å². The number of methoxy groups -OCH3 is 1. The fourth-order valence-corrected chi connectivity index (χ4v) is 4.01. The highest BCUT2D eigenvalue weighted by Gasteiger charge is 2.24. The first-order chi connectivity index (χ1) is 14.0. The number of para-hydroxylation sites is 1. The molecular weight excluding hydrogens is 433 g/mol. The molecule has 0 aliphatic carbocycles. The maximum atomic E-state index is 14.1. The summed E-state index contributed by atoms with van der Waals surface area (Å²) in [5.41, 5.74) is 3.06. The van der Waals surface area contributed by atoms with Gasteiger partial charge in [0.05, 0.1) is 7.11 Å². The third-order valence-electron chi connectivity index (χ3n) is 5.03. The lowest BCUT2D eigenvalue weighted by Crippen LogP contribution is -2.11. The fourth-order valence-electron chi connectivity index (χ4n) is 3.61. The summed E-state index contributed by atoms with van der Waals surface area (Å²) in [6.07, 6.45) is 0.184. The molecule has 0 radical (unpaired) electrons. The number of aromatic amines is 1. The minimum atomic E-state index is -0.375. The van der Waals surface area contributed by atoms with Gasteiger partial charge in [0.25, 0.3) is 0 Å². The zero-order chi connectivity index (χ0) is 20.4. The molecule has 0 saturated heterocycles. The summed E-state index contributed by atoms with van der Waals surface area (Å²) >= 11 is 3.41. The number of Topliss-reactive ketones (excluding diaryl/α,β-unsaturated/α-hetero) is 1. The number of nitrogens with one attached hydrogen (secondary N) is 1. The van der Waals surface area contributed by atoms with E-state index in [1.54, 1.807) is 25.3 Å². The molecule has 0 fully saturated rings. The summed E-state index contributed by atoms with van der Waals surface area (Å²) in [5.74, 6) is -0.213. The van der Waals surface area contributed by atoms with Crippen molar-refractivity contribution in [1.29, 1.82) is 0 Å². The number of H-pyrrole nitrogens is 1. The number of hydrogen-bond donors (Lipinski definition) is 1. The smallest absolute Gasteiger partial charge is 0.163 e. The van der Waals surface area contributed by atoms with Crippen molar-refractivity contribution in [3.8, 4) is 5.75 Å². The molecular formula is C24H19BrFNO2. The van der Waals surface area contributed by atoms with E-state index in [-0.39, 0.29) is 23.9 Å². The van der Waals surface area contributed by atoms with Crippen LogP contribution < -0.4 is 4.74 Å². The van der Waals surface area contributed by atoms with Crippen LogP contribution in [0.2, 0.25) is 0 Å². The van der Waals surface area contributed by atoms with Gasteiger partial charge in [-0.05, 0) is 47.9 Å². The Morgan fingerprint density at radius 2 is 1.90 bits per heavy atom. The number of carbonyl (C=O) groups excluding carboxylic acids is 1. The van der Waals surface area contributed by atoms with E-state index in [9.17, 15) is 9.18 Å². The quantitative estimate of drug-likeness (QED) is 0.340. The zero-order valence-electron chi connectivity index (χ0n) is 15.8. The Bertz CT molecular complexity index is 1150. The van der Waals surface area contributed by atoms with Crippen LogP contribution in [0, 0.1) is 5.82 Å². The first kappa shape index (κ1) is 19.4. The van der Waals surface area contributed by atoms with Crippen LogP contribution in [0.15, 0.2) is 77.3 Å². The van der Waals surface area contributed by atoms with Gasteiger partial charge in [-0.2, -0.15) is 0 Å². The molecule has 4 rings (SSSR count). The van der Waals surface area contributed by atoms with Gasteiger partial charge in [0.15, 0.2) is 5.78 Å². The molecule has 1 atom stereocenters. The minimum absolute atomic E-state index is 0.0266. The van der Waals surface area contributed by atoms with Gasteiger partial charge in [-0.25, -0.2) is 4.39 Å². The number of hydrogen-bond acceptors (Lipinski definition) is 2. The first-order valence-corrected chi connectivity index (χ1v) is 10.0. The highest BCUT2D eigenvalue weighted by molar-refractivity contribution is 9.10. The van der Waals surface area contributed by atoms with Gasteiger partial charge in [-0.15, -0.1) is 0 Å². The Hall–Kier alpha value is -2.92. The van der Waals surface area contributed by atoms with Gasteiger partial charge < -0.3 is 9.72 Å². The highest BCUT2D eigenvalue weighted by atomic mass is 79.9. The van der Waals surface area contributed by atoms with Crippen molar-refractivity contribution in [2.75, 3.05) is 7.11 Å². The number of carbonyl (C=O) groups is 1. The van der Waals surface area contributed by atoms with E-state index < -0.39 is 0 Å². The fraction of sp³-hybridized carbons (Fsp3) is 0.125. The molecule has 3 nitrogen and oxygen atoms in total. The van der Waals surface area contributed by atoms with Gasteiger partial charge in [0, 0.05) is 39.1 Å². The van der Waals surface area contributed by atoms with Crippen molar-refractivity contribution in [2.24, 2.45) is 0 Å². The van der Waals surface area contributed by atoms with Crippen molar-refractivity contribution >= 4 is 32.6 Å². The molecule has 29 heavy (non-hydrogen) atoms. The van der Waals surface area contributed by atoms with Crippen molar-refractivity contribution < 1.29 is 13.9 Å². The largest absolute Gasteiger partial charge is 0.496 e. The number of benzene rings is 3. The molecule has 0 aliphatic rings. The number of aromatic nitrogens is 1. The molecule has 0 aliphatic heterocycles. The SMILES string of the molecule is COc1ccc(F)cc1[C@@H](CC(=O)c1cccc(Br)c1)c1cc2ccccc2[nH]1. The number of rotatable bonds is 6. The lowest BCUT2D eigenvalue weighted by atomic mass is 9.88. The summed E-state index contributed by atoms with van der Waals surface area (Å²) < 4.78 is 20.4. The van der Waals surface area contributed by atoms with E-state index in [1.165, 1.54) is 12.1 Å². The molecule has 5 heteroatoms. The number of ether oxygens (including phenoxy) is 1. The summed E-state index contributed by atoms with van der Waals surface area (Å²) in [4.78, 5) is 16.5. The minimum Gasteiger partial charge on any atom is -0.496 e. The van der Waals surface area contributed by atoms with Crippen LogP contribution in [0.1, 0.15) is 34.0 Å². The Morgan fingerprint density at radius 3 is 2.66 bits per heavy atom. The average molecular weight is 452 g/mol.